The molecule has 0 radical (unpaired) electrons. The molecular weight excluding hydrogens is 242 g/mol. The highest BCUT2D eigenvalue weighted by Crippen LogP contribution is 2.44. The molecule has 0 spiro atoms. The maximum absolute atomic E-state index is 6.29. The van der Waals surface area contributed by atoms with Crippen molar-refractivity contribution in [2.24, 2.45) is 11.7 Å². The fraction of sp³-hybridized carbons (Fsp3) is 0.500. The molecule has 0 saturated heterocycles. The number of allylic oxidation sites excluding steroid dienone is 1. The van der Waals surface area contributed by atoms with Crippen molar-refractivity contribution >= 4 is 11.6 Å². The summed E-state index contributed by atoms with van der Waals surface area (Å²) < 4.78 is 0. The highest BCUT2D eigenvalue weighted by molar-refractivity contribution is 6.30. The Kier molecular flexibility index (Phi) is 3.84. The van der Waals surface area contributed by atoms with Gasteiger partial charge in [-0.3, -0.25) is 0 Å². The first-order valence-corrected chi connectivity index (χ1v) is 7.02. The predicted molar refractivity (Wildman–Crippen MR) is 78.9 cm³/mol. The normalized spacial score (nSPS) is 18.7. The Morgan fingerprint density at radius 3 is 2.33 bits per heavy atom. The lowest BCUT2D eigenvalue weighted by atomic mass is 9.81. The average Bonchev–Trinajstić information content (AvgIpc) is 3.05. The molecule has 0 aromatic heterocycles. The van der Waals surface area contributed by atoms with E-state index in [4.69, 9.17) is 17.3 Å². The zero-order valence-electron chi connectivity index (χ0n) is 11.2. The Labute approximate surface area is 115 Å². The van der Waals surface area contributed by atoms with Crippen LogP contribution < -0.4 is 5.73 Å². The summed E-state index contributed by atoms with van der Waals surface area (Å²) in [6.07, 6.45) is 3.29. The van der Waals surface area contributed by atoms with E-state index < -0.39 is 0 Å². The third kappa shape index (κ3) is 3.15. The molecule has 1 atom stereocenters. The van der Waals surface area contributed by atoms with Crippen molar-refractivity contribution < 1.29 is 0 Å². The highest BCUT2D eigenvalue weighted by atomic mass is 35.5. The van der Waals surface area contributed by atoms with E-state index in [0.29, 0.717) is 11.8 Å². The monoisotopic (exact) mass is 263 g/mol. The summed E-state index contributed by atoms with van der Waals surface area (Å²) in [4.78, 5) is 0. The maximum atomic E-state index is 6.29. The van der Waals surface area contributed by atoms with Crippen molar-refractivity contribution in [2.45, 2.75) is 44.6 Å². The quantitative estimate of drug-likeness (QED) is 0.777. The fourth-order valence-corrected chi connectivity index (χ4v) is 2.46. The predicted octanol–water partition coefficient (Wildman–Crippen LogP) is 4.52. The molecule has 1 unspecified atom stereocenters. The van der Waals surface area contributed by atoms with Crippen LogP contribution in [-0.2, 0) is 0 Å². The van der Waals surface area contributed by atoms with Gasteiger partial charge in [-0.2, -0.15) is 0 Å². The van der Waals surface area contributed by atoms with Crippen molar-refractivity contribution in [3.63, 3.8) is 0 Å². The molecule has 18 heavy (non-hydrogen) atoms. The summed E-state index contributed by atoms with van der Waals surface area (Å²) in [5.74, 6) is 0.836. The number of rotatable bonds is 5. The average molecular weight is 264 g/mol. The second-order valence-corrected chi connectivity index (χ2v) is 6.34. The van der Waals surface area contributed by atoms with E-state index in [9.17, 15) is 0 Å². The number of hydrogen-bond acceptors (Lipinski definition) is 1. The summed E-state index contributed by atoms with van der Waals surface area (Å²) >= 11 is 5.96. The maximum Gasteiger partial charge on any atom is 0.0406 e. The molecule has 0 heterocycles. The molecule has 1 aliphatic rings. The Balaban J connectivity index is 2.23. The van der Waals surface area contributed by atoms with Crippen LogP contribution in [-0.4, -0.2) is 5.54 Å². The molecule has 0 amide bonds. The van der Waals surface area contributed by atoms with Crippen molar-refractivity contribution in [2.75, 3.05) is 0 Å². The fourth-order valence-electron chi connectivity index (χ4n) is 2.33. The van der Waals surface area contributed by atoms with Gasteiger partial charge in [-0.25, -0.2) is 0 Å². The van der Waals surface area contributed by atoms with Gasteiger partial charge in [-0.1, -0.05) is 49.7 Å². The smallest absolute Gasteiger partial charge is 0.0406 e. The first-order valence-electron chi connectivity index (χ1n) is 6.64. The van der Waals surface area contributed by atoms with Crippen molar-refractivity contribution in [1.82, 2.24) is 0 Å². The summed E-state index contributed by atoms with van der Waals surface area (Å²) in [5, 5.41) is 0.779. The minimum Gasteiger partial charge on any atom is -0.325 e. The second-order valence-electron chi connectivity index (χ2n) is 5.90. The van der Waals surface area contributed by atoms with Crippen LogP contribution in [0.2, 0.25) is 5.02 Å². The van der Waals surface area contributed by atoms with Crippen LogP contribution in [0.25, 0.3) is 0 Å². The lowest BCUT2D eigenvalue weighted by Gasteiger charge is -2.25. The van der Waals surface area contributed by atoms with Crippen LogP contribution in [0.3, 0.4) is 0 Å². The van der Waals surface area contributed by atoms with Crippen LogP contribution >= 0.6 is 11.6 Å². The molecule has 1 saturated carbocycles. The lowest BCUT2D eigenvalue weighted by Crippen LogP contribution is -2.26. The van der Waals surface area contributed by atoms with Crippen LogP contribution in [0.15, 0.2) is 36.4 Å². The minimum atomic E-state index is 0.0438. The summed E-state index contributed by atoms with van der Waals surface area (Å²) in [6.45, 7) is 8.67. The zero-order valence-corrected chi connectivity index (χ0v) is 12.0. The van der Waals surface area contributed by atoms with E-state index in [2.05, 4.69) is 32.6 Å². The van der Waals surface area contributed by atoms with Gasteiger partial charge >= 0.3 is 0 Å². The Bertz CT molecular complexity index is 429. The topological polar surface area (TPSA) is 26.0 Å². The van der Waals surface area contributed by atoms with Crippen LogP contribution in [0.5, 0.6) is 0 Å². The largest absolute Gasteiger partial charge is 0.325 e. The standard InChI is InChI=1S/C16H22ClN/c1-11(2)12(3)15(10-16(18)8-9-16)13-4-6-14(17)7-5-13/h4-7,11,15H,3,8-10,18H2,1-2H3. The van der Waals surface area contributed by atoms with Gasteiger partial charge < -0.3 is 5.73 Å². The van der Waals surface area contributed by atoms with Gasteiger partial charge in [-0.05, 0) is 42.9 Å². The zero-order chi connectivity index (χ0) is 13.3. The van der Waals surface area contributed by atoms with Crippen LogP contribution in [0.1, 0.15) is 44.6 Å². The minimum absolute atomic E-state index is 0.0438. The van der Waals surface area contributed by atoms with E-state index in [1.54, 1.807) is 0 Å². The molecule has 98 valence electrons. The van der Waals surface area contributed by atoms with Gasteiger partial charge in [0.25, 0.3) is 0 Å². The molecule has 1 nitrogen and oxygen atoms in total. The number of halogens is 1. The van der Waals surface area contributed by atoms with E-state index in [1.807, 2.05) is 12.1 Å². The Morgan fingerprint density at radius 1 is 1.33 bits per heavy atom. The number of nitrogens with two attached hydrogens (primary N) is 1. The van der Waals surface area contributed by atoms with Crippen molar-refractivity contribution in [3.8, 4) is 0 Å². The SMILES string of the molecule is C=C(C(C)C)C(CC1(N)CC1)c1ccc(Cl)cc1. The van der Waals surface area contributed by atoms with Crippen LogP contribution in [0.4, 0.5) is 0 Å². The van der Waals surface area contributed by atoms with E-state index in [1.165, 1.54) is 11.1 Å². The lowest BCUT2D eigenvalue weighted by molar-refractivity contribution is 0.525. The summed E-state index contributed by atoms with van der Waals surface area (Å²) in [6, 6.07) is 8.11. The molecule has 1 fully saturated rings. The second kappa shape index (κ2) is 5.07. The van der Waals surface area contributed by atoms with Gasteiger partial charge in [0.05, 0.1) is 0 Å². The first kappa shape index (κ1) is 13.6. The Morgan fingerprint density at radius 2 is 1.89 bits per heavy atom. The van der Waals surface area contributed by atoms with Gasteiger partial charge in [0.1, 0.15) is 0 Å². The van der Waals surface area contributed by atoms with Crippen molar-refractivity contribution in [1.29, 1.82) is 0 Å². The molecule has 1 aromatic rings. The molecule has 2 N–H and O–H groups in total. The van der Waals surface area contributed by atoms with Gasteiger partial charge in [0.2, 0.25) is 0 Å². The molecule has 1 aliphatic carbocycles. The summed E-state index contributed by atoms with van der Waals surface area (Å²) in [7, 11) is 0. The molecule has 0 aliphatic heterocycles. The highest BCUT2D eigenvalue weighted by Gasteiger charge is 2.41. The molecule has 0 bridgehead atoms. The molecule has 2 heteroatoms. The number of hydrogen-bond donors (Lipinski definition) is 1. The van der Waals surface area contributed by atoms with Crippen molar-refractivity contribution in [3.05, 3.63) is 47.0 Å². The number of benzene rings is 1. The van der Waals surface area contributed by atoms with E-state index >= 15 is 0 Å². The summed E-state index contributed by atoms with van der Waals surface area (Å²) in [5.41, 5.74) is 8.89. The third-order valence-electron chi connectivity index (χ3n) is 3.96. The van der Waals surface area contributed by atoms with Gasteiger partial charge in [0, 0.05) is 16.5 Å². The van der Waals surface area contributed by atoms with Crippen LogP contribution in [0, 0.1) is 5.92 Å². The third-order valence-corrected chi connectivity index (χ3v) is 4.22. The van der Waals surface area contributed by atoms with E-state index in [-0.39, 0.29) is 5.54 Å². The van der Waals surface area contributed by atoms with Gasteiger partial charge in [-0.15, -0.1) is 0 Å². The molecular formula is C16H22ClN. The van der Waals surface area contributed by atoms with Gasteiger partial charge in [0.15, 0.2) is 0 Å². The first-order chi connectivity index (χ1) is 8.41. The molecule has 1 aromatic carbocycles. The molecule has 2 rings (SSSR count). The Hall–Kier alpha value is -0.790. The van der Waals surface area contributed by atoms with E-state index in [0.717, 1.165) is 24.3 Å².